The molecule has 100 valence electrons. The summed E-state index contributed by atoms with van der Waals surface area (Å²) in [6.45, 7) is 3.93. The Hall–Kier alpha value is -0.590. The van der Waals surface area contributed by atoms with Crippen LogP contribution in [0.4, 0.5) is 0 Å². The maximum Gasteiger partial charge on any atom is 0.129 e. The minimum Gasteiger partial charge on any atom is -0.300 e. The molecular weight excluding hydrogens is 208 g/mol. The number of Topliss-reactive ketones (excluding diaryl/α,β-unsaturated/α-hetero) is 1. The van der Waals surface area contributed by atoms with Gasteiger partial charge in [0, 0.05) is 6.42 Å². The van der Waals surface area contributed by atoms with Crippen molar-refractivity contribution in [3.05, 3.63) is 12.2 Å². The predicted octanol–water partition coefficient (Wildman–Crippen LogP) is 5.44. The zero-order chi connectivity index (χ0) is 12.8. The van der Waals surface area contributed by atoms with E-state index in [0.29, 0.717) is 5.78 Å². The third kappa shape index (κ3) is 15.4. The van der Waals surface area contributed by atoms with Crippen LogP contribution in [-0.2, 0) is 4.79 Å². The number of carbonyl (C=O) groups excluding carboxylic acids is 1. The molecular formula is C16H30O. The lowest BCUT2D eigenvalue weighted by molar-refractivity contribution is -0.117. The van der Waals surface area contributed by atoms with Crippen molar-refractivity contribution in [3.63, 3.8) is 0 Å². The van der Waals surface area contributed by atoms with E-state index in [9.17, 15) is 4.79 Å². The molecule has 1 nitrogen and oxygen atoms in total. The van der Waals surface area contributed by atoms with Crippen molar-refractivity contribution >= 4 is 5.78 Å². The van der Waals surface area contributed by atoms with Gasteiger partial charge in [0.05, 0.1) is 0 Å². The Kier molecular flexibility index (Phi) is 13.0. The van der Waals surface area contributed by atoms with Gasteiger partial charge in [-0.05, 0) is 39.0 Å². The second-order valence-electron chi connectivity index (χ2n) is 4.98. The minimum absolute atomic E-state index is 0.333. The first-order valence-electron chi connectivity index (χ1n) is 7.41. The van der Waals surface area contributed by atoms with Gasteiger partial charge >= 0.3 is 0 Å². The van der Waals surface area contributed by atoms with Crippen LogP contribution >= 0.6 is 0 Å². The molecule has 0 rings (SSSR count). The lowest BCUT2D eigenvalue weighted by atomic mass is 10.1. The van der Waals surface area contributed by atoms with Gasteiger partial charge in [-0.25, -0.2) is 0 Å². The average Bonchev–Trinajstić information content (AvgIpc) is 2.30. The highest BCUT2D eigenvalue weighted by Gasteiger charge is 1.93. The topological polar surface area (TPSA) is 17.1 Å². The molecule has 0 bridgehead atoms. The van der Waals surface area contributed by atoms with E-state index in [-0.39, 0.29) is 0 Å². The van der Waals surface area contributed by atoms with Gasteiger partial charge in [0.2, 0.25) is 0 Å². The molecule has 0 aromatic carbocycles. The van der Waals surface area contributed by atoms with Crippen LogP contribution in [0.25, 0.3) is 0 Å². The first kappa shape index (κ1) is 16.4. The van der Waals surface area contributed by atoms with Crippen molar-refractivity contribution in [2.45, 2.75) is 84.5 Å². The summed E-state index contributed by atoms with van der Waals surface area (Å²) in [4.78, 5) is 10.7. The summed E-state index contributed by atoms with van der Waals surface area (Å²) in [5, 5.41) is 0. The van der Waals surface area contributed by atoms with Crippen LogP contribution in [0, 0.1) is 0 Å². The van der Waals surface area contributed by atoms with E-state index in [4.69, 9.17) is 0 Å². The third-order valence-electron chi connectivity index (χ3n) is 3.04. The van der Waals surface area contributed by atoms with E-state index in [2.05, 4.69) is 19.1 Å². The highest BCUT2D eigenvalue weighted by Crippen LogP contribution is 2.08. The Bertz CT molecular complexity index is 194. The van der Waals surface area contributed by atoms with Crippen LogP contribution in [0.2, 0.25) is 0 Å². The predicted molar refractivity (Wildman–Crippen MR) is 76.3 cm³/mol. The molecule has 0 fully saturated rings. The van der Waals surface area contributed by atoms with Gasteiger partial charge < -0.3 is 4.79 Å². The Labute approximate surface area is 108 Å². The maximum atomic E-state index is 10.7. The second-order valence-corrected chi connectivity index (χ2v) is 4.98. The van der Waals surface area contributed by atoms with Crippen molar-refractivity contribution in [2.75, 3.05) is 0 Å². The zero-order valence-corrected chi connectivity index (χ0v) is 11.8. The van der Waals surface area contributed by atoms with Crippen LogP contribution in [0.1, 0.15) is 84.5 Å². The average molecular weight is 238 g/mol. The molecule has 0 saturated carbocycles. The number of rotatable bonds is 12. The van der Waals surface area contributed by atoms with Crippen LogP contribution in [0.3, 0.4) is 0 Å². The molecule has 0 aliphatic heterocycles. The number of ketones is 1. The van der Waals surface area contributed by atoms with E-state index < -0.39 is 0 Å². The lowest BCUT2D eigenvalue weighted by Gasteiger charge is -1.98. The van der Waals surface area contributed by atoms with Crippen LogP contribution < -0.4 is 0 Å². The summed E-state index contributed by atoms with van der Waals surface area (Å²) in [6.07, 6.45) is 18.2. The van der Waals surface area contributed by atoms with Gasteiger partial charge in [-0.15, -0.1) is 0 Å². The van der Waals surface area contributed by atoms with Crippen molar-refractivity contribution in [1.29, 1.82) is 0 Å². The van der Waals surface area contributed by atoms with Gasteiger partial charge in [-0.3, -0.25) is 0 Å². The van der Waals surface area contributed by atoms with Crippen LogP contribution in [0.5, 0.6) is 0 Å². The Balaban J connectivity index is 3.05. The van der Waals surface area contributed by atoms with E-state index >= 15 is 0 Å². The molecule has 0 spiro atoms. The lowest BCUT2D eigenvalue weighted by Crippen LogP contribution is -1.89. The molecule has 0 aliphatic carbocycles. The first-order chi connectivity index (χ1) is 8.27. The van der Waals surface area contributed by atoms with Gasteiger partial charge in [0.1, 0.15) is 5.78 Å². The summed E-state index contributed by atoms with van der Waals surface area (Å²) >= 11 is 0. The first-order valence-corrected chi connectivity index (χ1v) is 7.41. The van der Waals surface area contributed by atoms with Crippen molar-refractivity contribution in [3.8, 4) is 0 Å². The molecule has 0 aromatic heterocycles. The molecule has 0 saturated heterocycles. The van der Waals surface area contributed by atoms with Crippen molar-refractivity contribution < 1.29 is 4.79 Å². The molecule has 0 amide bonds. The monoisotopic (exact) mass is 238 g/mol. The number of unbranched alkanes of at least 4 members (excludes halogenated alkanes) is 8. The fourth-order valence-electron chi connectivity index (χ4n) is 1.91. The summed E-state index contributed by atoms with van der Waals surface area (Å²) in [5.74, 6) is 0.333. The smallest absolute Gasteiger partial charge is 0.129 e. The number of allylic oxidation sites excluding steroid dienone is 2. The highest BCUT2D eigenvalue weighted by molar-refractivity contribution is 5.75. The summed E-state index contributed by atoms with van der Waals surface area (Å²) in [7, 11) is 0. The molecule has 0 heterocycles. The molecule has 1 heteroatoms. The zero-order valence-electron chi connectivity index (χ0n) is 11.8. The van der Waals surface area contributed by atoms with E-state index in [0.717, 1.165) is 12.8 Å². The second kappa shape index (κ2) is 13.5. The molecule has 0 radical (unpaired) electrons. The van der Waals surface area contributed by atoms with Gasteiger partial charge in [-0.1, -0.05) is 51.2 Å². The molecule has 0 aliphatic rings. The molecule has 17 heavy (non-hydrogen) atoms. The van der Waals surface area contributed by atoms with Gasteiger partial charge in [0.25, 0.3) is 0 Å². The molecule has 0 atom stereocenters. The van der Waals surface area contributed by atoms with Crippen LogP contribution in [-0.4, -0.2) is 5.78 Å². The normalized spacial score (nSPS) is 11.2. The van der Waals surface area contributed by atoms with Gasteiger partial charge in [-0.2, -0.15) is 0 Å². The number of carbonyl (C=O) groups is 1. The third-order valence-corrected chi connectivity index (χ3v) is 3.04. The fraction of sp³-hybridized carbons (Fsp3) is 0.812. The Morgan fingerprint density at radius 1 is 0.824 bits per heavy atom. The van der Waals surface area contributed by atoms with E-state index in [1.807, 2.05) is 0 Å². The van der Waals surface area contributed by atoms with Crippen molar-refractivity contribution in [1.82, 2.24) is 0 Å². The number of hydrogen-bond acceptors (Lipinski definition) is 1. The largest absolute Gasteiger partial charge is 0.300 e. The van der Waals surface area contributed by atoms with Gasteiger partial charge in [0.15, 0.2) is 0 Å². The molecule has 0 aromatic rings. The quantitative estimate of drug-likeness (QED) is 0.327. The number of hydrogen-bond donors (Lipinski definition) is 0. The standard InChI is InChI=1S/C16H30O/c1-3-4-5-6-7-8-9-10-11-12-13-14-15-16(2)17/h7-8H,3-6,9-15H2,1-2H3/b8-7-. The Morgan fingerprint density at radius 3 is 1.94 bits per heavy atom. The summed E-state index contributed by atoms with van der Waals surface area (Å²) < 4.78 is 0. The highest BCUT2D eigenvalue weighted by atomic mass is 16.1. The SMILES string of the molecule is CCCCC/C=C\CCCCCCCC(C)=O. The fourth-order valence-corrected chi connectivity index (χ4v) is 1.91. The van der Waals surface area contributed by atoms with Crippen molar-refractivity contribution in [2.24, 2.45) is 0 Å². The Morgan fingerprint density at radius 2 is 1.35 bits per heavy atom. The van der Waals surface area contributed by atoms with Crippen LogP contribution in [0.15, 0.2) is 12.2 Å². The maximum absolute atomic E-state index is 10.7. The molecule has 0 N–H and O–H groups in total. The van der Waals surface area contributed by atoms with E-state index in [1.165, 1.54) is 57.8 Å². The molecule has 0 unspecified atom stereocenters. The minimum atomic E-state index is 0.333. The summed E-state index contributed by atoms with van der Waals surface area (Å²) in [6, 6.07) is 0. The summed E-state index contributed by atoms with van der Waals surface area (Å²) in [5.41, 5.74) is 0. The van der Waals surface area contributed by atoms with E-state index in [1.54, 1.807) is 6.92 Å².